The summed E-state index contributed by atoms with van der Waals surface area (Å²) >= 11 is 0. The van der Waals surface area contributed by atoms with Gasteiger partial charge in [-0.05, 0) is 49.9 Å². The van der Waals surface area contributed by atoms with Crippen molar-refractivity contribution < 1.29 is 13.2 Å². The molecule has 0 fully saturated rings. The van der Waals surface area contributed by atoms with Crippen molar-refractivity contribution in [2.75, 3.05) is 5.32 Å². The maximum atomic E-state index is 12.1. The van der Waals surface area contributed by atoms with Crippen molar-refractivity contribution in [3.63, 3.8) is 0 Å². The highest BCUT2D eigenvalue weighted by Crippen LogP contribution is 2.27. The molecule has 1 amide bonds. The Morgan fingerprint density at radius 2 is 1.65 bits per heavy atom. The number of hydrogen-bond donors (Lipinski definition) is 1. The van der Waals surface area contributed by atoms with Crippen LogP contribution in [0.1, 0.15) is 37.8 Å². The van der Waals surface area contributed by atoms with Gasteiger partial charge in [0.1, 0.15) is 0 Å². The fraction of sp³-hybridized carbons (Fsp3) is 0.500. The van der Waals surface area contributed by atoms with Crippen molar-refractivity contribution in [3.8, 4) is 0 Å². The summed E-state index contributed by atoms with van der Waals surface area (Å²) in [6.07, 6.45) is 1.54. The summed E-state index contributed by atoms with van der Waals surface area (Å²) in [6, 6.07) is 2.94. The molecule has 1 N–H and O–H groups in total. The van der Waals surface area contributed by atoms with Gasteiger partial charge in [0.15, 0.2) is 0 Å². The number of aryl methyl sites for hydroxylation is 2. The lowest BCUT2D eigenvalue weighted by Crippen LogP contribution is -2.22. The first kappa shape index (κ1) is 17.0. The fourth-order valence-electron chi connectivity index (χ4n) is 2.15. The molecule has 0 unspecified atom stereocenters. The molecule has 0 saturated heterocycles. The molecule has 0 aliphatic rings. The van der Waals surface area contributed by atoms with Crippen LogP contribution in [0.25, 0.3) is 0 Å². The first-order valence-corrected chi connectivity index (χ1v) is 8.88. The van der Waals surface area contributed by atoms with Gasteiger partial charge in [0.25, 0.3) is 9.05 Å². The Kier molecular flexibility index (Phi) is 5.59. The molecule has 1 aromatic rings. The maximum absolute atomic E-state index is 12.1. The van der Waals surface area contributed by atoms with E-state index < -0.39 is 9.05 Å². The maximum Gasteiger partial charge on any atom is 0.261 e. The van der Waals surface area contributed by atoms with E-state index in [4.69, 9.17) is 10.7 Å². The van der Waals surface area contributed by atoms with Gasteiger partial charge >= 0.3 is 0 Å². The molecule has 20 heavy (non-hydrogen) atoms. The fourth-order valence-corrected chi connectivity index (χ4v) is 3.05. The summed E-state index contributed by atoms with van der Waals surface area (Å²) in [5, 5.41) is 2.88. The van der Waals surface area contributed by atoms with Gasteiger partial charge in [0.2, 0.25) is 5.91 Å². The van der Waals surface area contributed by atoms with Crippen LogP contribution in [-0.4, -0.2) is 14.3 Å². The summed E-state index contributed by atoms with van der Waals surface area (Å²) in [4.78, 5) is 12.2. The molecular weight excluding hydrogens is 298 g/mol. The first-order valence-electron chi connectivity index (χ1n) is 6.57. The third-order valence-electron chi connectivity index (χ3n) is 3.39. The van der Waals surface area contributed by atoms with Crippen molar-refractivity contribution in [1.82, 2.24) is 0 Å². The van der Waals surface area contributed by atoms with Crippen molar-refractivity contribution in [2.45, 2.75) is 45.4 Å². The van der Waals surface area contributed by atoms with E-state index in [2.05, 4.69) is 5.32 Å². The minimum absolute atomic E-state index is 0.0368. The Labute approximate surface area is 124 Å². The Morgan fingerprint density at radius 1 is 1.20 bits per heavy atom. The van der Waals surface area contributed by atoms with Gasteiger partial charge in [-0.2, -0.15) is 0 Å². The predicted octanol–water partition coefficient (Wildman–Crippen LogP) is 3.61. The molecule has 6 heteroatoms. The molecule has 0 spiro atoms. The van der Waals surface area contributed by atoms with Gasteiger partial charge in [0.05, 0.1) is 4.90 Å². The molecule has 0 aliphatic heterocycles. The number of halogens is 1. The highest BCUT2D eigenvalue weighted by Gasteiger charge is 2.18. The number of carbonyl (C=O) groups excluding carboxylic acids is 1. The lowest BCUT2D eigenvalue weighted by atomic mass is 10.0. The standard InChI is InChI=1S/C14H20ClNO3S/c1-5-11(6-2)14(17)16-13-9(3)7-12(8-10(13)4)20(15,18)19/h7-8,11H,5-6H2,1-4H3,(H,16,17). The van der Waals surface area contributed by atoms with E-state index in [0.29, 0.717) is 16.8 Å². The molecular formula is C14H20ClNO3S. The minimum Gasteiger partial charge on any atom is -0.325 e. The van der Waals surface area contributed by atoms with Gasteiger partial charge in [-0.1, -0.05) is 13.8 Å². The zero-order valence-electron chi connectivity index (χ0n) is 12.2. The average molecular weight is 318 g/mol. The summed E-state index contributed by atoms with van der Waals surface area (Å²) in [6.45, 7) is 7.44. The largest absolute Gasteiger partial charge is 0.325 e. The minimum atomic E-state index is -3.76. The number of carbonyl (C=O) groups is 1. The molecule has 112 valence electrons. The van der Waals surface area contributed by atoms with Gasteiger partial charge in [-0.25, -0.2) is 8.42 Å². The Morgan fingerprint density at radius 3 is 2.00 bits per heavy atom. The second kappa shape index (κ2) is 6.59. The van der Waals surface area contributed by atoms with Crippen LogP contribution >= 0.6 is 10.7 Å². The average Bonchev–Trinajstić information content (AvgIpc) is 2.33. The smallest absolute Gasteiger partial charge is 0.261 e. The third kappa shape index (κ3) is 3.96. The summed E-state index contributed by atoms with van der Waals surface area (Å²) in [7, 11) is 1.58. The van der Waals surface area contributed by atoms with Crippen LogP contribution in [-0.2, 0) is 13.8 Å². The lowest BCUT2D eigenvalue weighted by Gasteiger charge is -2.17. The SMILES string of the molecule is CCC(CC)C(=O)Nc1c(C)cc(S(=O)(=O)Cl)cc1C. The highest BCUT2D eigenvalue weighted by atomic mass is 35.7. The van der Waals surface area contributed by atoms with E-state index >= 15 is 0 Å². The van der Waals surface area contributed by atoms with Crippen molar-refractivity contribution >= 4 is 31.3 Å². The summed E-state index contributed by atoms with van der Waals surface area (Å²) in [5.74, 6) is -0.0760. The monoisotopic (exact) mass is 317 g/mol. The van der Waals surface area contributed by atoms with E-state index in [1.807, 2.05) is 13.8 Å². The van der Waals surface area contributed by atoms with Gasteiger partial charge in [0, 0.05) is 22.3 Å². The van der Waals surface area contributed by atoms with E-state index in [1.165, 1.54) is 12.1 Å². The predicted molar refractivity (Wildman–Crippen MR) is 81.7 cm³/mol. The number of anilines is 1. The van der Waals surface area contributed by atoms with Crippen LogP contribution in [0.15, 0.2) is 17.0 Å². The quantitative estimate of drug-likeness (QED) is 0.844. The van der Waals surface area contributed by atoms with Gasteiger partial charge in [-0.15, -0.1) is 0 Å². The molecule has 0 aliphatic carbocycles. The second-order valence-electron chi connectivity index (χ2n) is 4.87. The molecule has 1 aromatic carbocycles. The molecule has 0 atom stereocenters. The van der Waals surface area contributed by atoms with Crippen LogP contribution < -0.4 is 5.32 Å². The number of benzene rings is 1. The summed E-state index contributed by atoms with van der Waals surface area (Å²) < 4.78 is 22.7. The van der Waals surface area contributed by atoms with Gasteiger partial charge in [-0.3, -0.25) is 4.79 Å². The molecule has 0 saturated carbocycles. The summed E-state index contributed by atoms with van der Waals surface area (Å²) in [5.41, 5.74) is 2.03. The normalized spacial score (nSPS) is 11.7. The Balaban J connectivity index is 3.13. The molecule has 0 radical (unpaired) electrons. The topological polar surface area (TPSA) is 63.2 Å². The van der Waals surface area contributed by atoms with Crippen molar-refractivity contribution in [3.05, 3.63) is 23.3 Å². The zero-order chi connectivity index (χ0) is 15.5. The van der Waals surface area contributed by atoms with Crippen LogP contribution in [0.5, 0.6) is 0 Å². The number of rotatable bonds is 5. The second-order valence-corrected chi connectivity index (χ2v) is 7.44. The van der Waals surface area contributed by atoms with Crippen molar-refractivity contribution in [1.29, 1.82) is 0 Å². The van der Waals surface area contributed by atoms with E-state index in [-0.39, 0.29) is 16.7 Å². The van der Waals surface area contributed by atoms with E-state index in [1.54, 1.807) is 13.8 Å². The number of hydrogen-bond acceptors (Lipinski definition) is 3. The third-order valence-corrected chi connectivity index (χ3v) is 4.73. The van der Waals surface area contributed by atoms with Crippen LogP contribution in [0.4, 0.5) is 5.69 Å². The number of amides is 1. The molecule has 0 bridgehead atoms. The first-order chi connectivity index (χ1) is 9.20. The lowest BCUT2D eigenvalue weighted by molar-refractivity contribution is -0.120. The van der Waals surface area contributed by atoms with Crippen LogP contribution in [0.3, 0.4) is 0 Å². The van der Waals surface area contributed by atoms with Crippen molar-refractivity contribution in [2.24, 2.45) is 5.92 Å². The van der Waals surface area contributed by atoms with Crippen LogP contribution in [0, 0.1) is 19.8 Å². The number of nitrogens with one attached hydrogen (secondary N) is 1. The molecule has 1 rings (SSSR count). The Hall–Kier alpha value is -1.07. The van der Waals surface area contributed by atoms with E-state index in [9.17, 15) is 13.2 Å². The zero-order valence-corrected chi connectivity index (χ0v) is 13.7. The molecule has 0 aromatic heterocycles. The van der Waals surface area contributed by atoms with Gasteiger partial charge < -0.3 is 5.32 Å². The molecule has 4 nitrogen and oxygen atoms in total. The van der Waals surface area contributed by atoms with E-state index in [0.717, 1.165) is 12.8 Å². The van der Waals surface area contributed by atoms with Crippen LogP contribution in [0.2, 0.25) is 0 Å². The highest BCUT2D eigenvalue weighted by molar-refractivity contribution is 8.13. The molecule has 0 heterocycles. The Bertz CT molecular complexity index is 584.